The maximum absolute atomic E-state index is 13.9. The van der Waals surface area contributed by atoms with Crippen molar-refractivity contribution in [2.45, 2.75) is 6.61 Å². The second kappa shape index (κ2) is 6.53. The molecule has 0 N–H and O–H groups in total. The van der Waals surface area contributed by atoms with E-state index in [1.54, 1.807) is 25.3 Å². The van der Waals surface area contributed by atoms with Crippen LogP contribution in [0.4, 0.5) is 10.1 Å². The minimum absolute atomic E-state index is 0.113. The molecule has 0 aliphatic carbocycles. The van der Waals surface area contributed by atoms with Gasteiger partial charge in [-0.05, 0) is 34.1 Å². The normalized spacial score (nSPS) is 10.2. The zero-order chi connectivity index (χ0) is 15.4. The third kappa shape index (κ3) is 3.49. The van der Waals surface area contributed by atoms with Crippen LogP contribution in [0.3, 0.4) is 0 Å². The Morgan fingerprint density at radius 3 is 2.71 bits per heavy atom. The van der Waals surface area contributed by atoms with E-state index in [2.05, 4.69) is 15.9 Å². The molecule has 0 fully saturated rings. The Balaban J connectivity index is 2.17. The largest absolute Gasteiger partial charge is 0.497 e. The summed E-state index contributed by atoms with van der Waals surface area (Å²) in [6.07, 6.45) is 0. The number of methoxy groups -OCH3 is 1. The van der Waals surface area contributed by atoms with Gasteiger partial charge in [-0.1, -0.05) is 12.1 Å². The highest BCUT2D eigenvalue weighted by Crippen LogP contribution is 2.30. The highest BCUT2D eigenvalue weighted by Gasteiger charge is 2.17. The molecule has 0 bridgehead atoms. The molecule has 0 aromatic heterocycles. The van der Waals surface area contributed by atoms with Crippen LogP contribution in [0.1, 0.15) is 5.56 Å². The Bertz CT molecular complexity index is 678. The van der Waals surface area contributed by atoms with Gasteiger partial charge in [0.25, 0.3) is 0 Å². The highest BCUT2D eigenvalue weighted by molar-refractivity contribution is 9.10. The molecule has 0 aliphatic heterocycles. The Labute approximate surface area is 128 Å². The summed E-state index contributed by atoms with van der Waals surface area (Å²) in [6.45, 7) is -0.113. The van der Waals surface area contributed by atoms with Crippen molar-refractivity contribution < 1.29 is 18.8 Å². The number of benzene rings is 2. The maximum atomic E-state index is 13.9. The summed E-state index contributed by atoms with van der Waals surface area (Å²) in [5.41, 5.74) is -0.447. The van der Waals surface area contributed by atoms with Crippen LogP contribution >= 0.6 is 15.9 Å². The fourth-order valence-electron chi connectivity index (χ4n) is 1.70. The number of hydrogen-bond donors (Lipinski definition) is 0. The molecule has 5 nitrogen and oxygen atoms in total. The van der Waals surface area contributed by atoms with Gasteiger partial charge in [0.15, 0.2) is 0 Å². The Hall–Kier alpha value is -2.15. The predicted octanol–water partition coefficient (Wildman–Crippen LogP) is 4.08. The average Bonchev–Trinajstić information content (AvgIpc) is 2.46. The molecule has 0 saturated heterocycles. The molecular formula is C14H11BrFNO4. The van der Waals surface area contributed by atoms with E-state index in [-0.39, 0.29) is 12.2 Å². The topological polar surface area (TPSA) is 61.6 Å². The third-order valence-corrected chi connectivity index (χ3v) is 3.40. The van der Waals surface area contributed by atoms with Crippen molar-refractivity contribution in [3.8, 4) is 11.5 Å². The first-order valence-electron chi connectivity index (χ1n) is 5.91. The summed E-state index contributed by atoms with van der Waals surface area (Å²) in [5.74, 6) is 0.254. The molecule has 2 rings (SSSR count). The Morgan fingerprint density at radius 1 is 1.33 bits per heavy atom. The molecule has 110 valence electrons. The van der Waals surface area contributed by atoms with Crippen LogP contribution in [-0.2, 0) is 6.61 Å². The lowest BCUT2D eigenvalue weighted by atomic mass is 10.2. The lowest BCUT2D eigenvalue weighted by Gasteiger charge is -2.10. The standard InChI is InChI=1S/C14H11BrFNO4/c1-20-10-5-6-13(11(15)7-10)21-8-9-3-2-4-12(14(9)16)17(18)19/h2-7H,8H2,1H3. The van der Waals surface area contributed by atoms with Crippen molar-refractivity contribution in [2.24, 2.45) is 0 Å². The lowest BCUT2D eigenvalue weighted by molar-refractivity contribution is -0.387. The van der Waals surface area contributed by atoms with E-state index >= 15 is 0 Å². The molecule has 0 atom stereocenters. The number of ether oxygens (including phenoxy) is 2. The number of nitro groups is 1. The van der Waals surface area contributed by atoms with Gasteiger partial charge in [-0.2, -0.15) is 4.39 Å². The predicted molar refractivity (Wildman–Crippen MR) is 78.1 cm³/mol. The molecule has 2 aromatic carbocycles. The maximum Gasteiger partial charge on any atom is 0.305 e. The number of halogens is 2. The molecule has 21 heavy (non-hydrogen) atoms. The number of hydrogen-bond acceptors (Lipinski definition) is 4. The van der Waals surface area contributed by atoms with E-state index in [1.807, 2.05) is 0 Å². The van der Waals surface area contributed by atoms with Crippen molar-refractivity contribution >= 4 is 21.6 Å². The smallest absolute Gasteiger partial charge is 0.305 e. The van der Waals surface area contributed by atoms with Gasteiger partial charge in [0.1, 0.15) is 18.1 Å². The van der Waals surface area contributed by atoms with Crippen LogP contribution in [0.2, 0.25) is 0 Å². The van der Waals surface area contributed by atoms with Crippen LogP contribution in [-0.4, -0.2) is 12.0 Å². The van der Waals surface area contributed by atoms with Gasteiger partial charge in [0.05, 0.1) is 16.5 Å². The van der Waals surface area contributed by atoms with Gasteiger partial charge in [0, 0.05) is 11.6 Å². The summed E-state index contributed by atoms with van der Waals surface area (Å²) < 4.78 is 25.1. The molecule has 0 radical (unpaired) electrons. The van der Waals surface area contributed by atoms with Crippen LogP contribution in [0.15, 0.2) is 40.9 Å². The molecular weight excluding hydrogens is 345 g/mol. The fourth-order valence-corrected chi connectivity index (χ4v) is 2.17. The van der Waals surface area contributed by atoms with E-state index in [0.29, 0.717) is 16.0 Å². The van der Waals surface area contributed by atoms with E-state index in [1.165, 1.54) is 12.1 Å². The summed E-state index contributed by atoms with van der Waals surface area (Å²) in [4.78, 5) is 9.91. The van der Waals surface area contributed by atoms with Crippen molar-refractivity contribution in [3.63, 3.8) is 0 Å². The highest BCUT2D eigenvalue weighted by atomic mass is 79.9. The number of nitrogens with zero attached hydrogens (tertiary/aromatic N) is 1. The van der Waals surface area contributed by atoms with E-state index in [9.17, 15) is 14.5 Å². The van der Waals surface area contributed by atoms with Gasteiger partial charge < -0.3 is 9.47 Å². The first kappa shape index (κ1) is 15.2. The fraction of sp³-hybridized carbons (Fsp3) is 0.143. The molecule has 0 spiro atoms. The van der Waals surface area contributed by atoms with Crippen LogP contribution in [0, 0.1) is 15.9 Å². The summed E-state index contributed by atoms with van der Waals surface area (Å²) >= 11 is 3.31. The molecule has 2 aromatic rings. The first-order valence-corrected chi connectivity index (χ1v) is 6.70. The van der Waals surface area contributed by atoms with Gasteiger partial charge >= 0.3 is 5.69 Å². The second-order valence-electron chi connectivity index (χ2n) is 4.09. The Morgan fingerprint density at radius 2 is 2.10 bits per heavy atom. The third-order valence-electron chi connectivity index (χ3n) is 2.78. The molecule has 0 aliphatic rings. The van der Waals surface area contributed by atoms with Gasteiger partial charge in [0.2, 0.25) is 5.82 Å². The monoisotopic (exact) mass is 355 g/mol. The van der Waals surface area contributed by atoms with E-state index in [0.717, 1.165) is 6.07 Å². The van der Waals surface area contributed by atoms with E-state index < -0.39 is 16.4 Å². The molecule has 0 unspecified atom stereocenters. The number of rotatable bonds is 5. The average molecular weight is 356 g/mol. The van der Waals surface area contributed by atoms with Crippen molar-refractivity contribution in [1.29, 1.82) is 0 Å². The summed E-state index contributed by atoms with van der Waals surface area (Å²) in [7, 11) is 1.54. The quantitative estimate of drug-likeness (QED) is 0.598. The first-order chi connectivity index (χ1) is 10.0. The van der Waals surface area contributed by atoms with Crippen LogP contribution in [0.5, 0.6) is 11.5 Å². The second-order valence-corrected chi connectivity index (χ2v) is 4.95. The zero-order valence-electron chi connectivity index (χ0n) is 11.0. The van der Waals surface area contributed by atoms with Crippen molar-refractivity contribution in [1.82, 2.24) is 0 Å². The van der Waals surface area contributed by atoms with Crippen molar-refractivity contribution in [3.05, 3.63) is 62.4 Å². The molecule has 7 heteroatoms. The number of nitro benzene ring substituents is 1. The van der Waals surface area contributed by atoms with Gasteiger partial charge in [-0.15, -0.1) is 0 Å². The van der Waals surface area contributed by atoms with Crippen LogP contribution < -0.4 is 9.47 Å². The minimum Gasteiger partial charge on any atom is -0.497 e. The van der Waals surface area contributed by atoms with E-state index in [4.69, 9.17) is 9.47 Å². The molecule has 0 heterocycles. The van der Waals surface area contributed by atoms with Crippen LogP contribution in [0.25, 0.3) is 0 Å². The minimum atomic E-state index is -0.882. The van der Waals surface area contributed by atoms with Gasteiger partial charge in [-0.25, -0.2) is 0 Å². The van der Waals surface area contributed by atoms with Crippen molar-refractivity contribution in [2.75, 3.05) is 7.11 Å². The molecule has 0 amide bonds. The zero-order valence-corrected chi connectivity index (χ0v) is 12.6. The van der Waals surface area contributed by atoms with Gasteiger partial charge in [-0.3, -0.25) is 10.1 Å². The lowest BCUT2D eigenvalue weighted by Crippen LogP contribution is -2.02. The Kier molecular flexibility index (Phi) is 4.74. The SMILES string of the molecule is COc1ccc(OCc2cccc([N+](=O)[O-])c2F)c(Br)c1. The molecule has 0 saturated carbocycles. The summed E-state index contributed by atoms with van der Waals surface area (Å²) in [6, 6.07) is 9.05. The summed E-state index contributed by atoms with van der Waals surface area (Å²) in [5, 5.41) is 10.7.